The standard InChI is InChI=1S/C17H26N4O2/c1-12-7-16(19-13(2)18-12)17(23)21-9-14(15(10-21)11-22)8-20-5-3-4-6-20/h7,14-15,22H,3-6,8-11H2,1-2H3/t14-,15-/m1/s1. The van der Waals surface area contributed by atoms with Crippen LogP contribution in [-0.4, -0.2) is 70.1 Å². The van der Waals surface area contributed by atoms with Gasteiger partial charge < -0.3 is 14.9 Å². The van der Waals surface area contributed by atoms with Crippen LogP contribution in [0.15, 0.2) is 6.07 Å². The van der Waals surface area contributed by atoms with E-state index in [0.717, 1.165) is 25.3 Å². The second-order valence-electron chi connectivity index (χ2n) is 6.86. The van der Waals surface area contributed by atoms with Gasteiger partial charge in [0.15, 0.2) is 0 Å². The number of rotatable bonds is 4. The predicted octanol–water partition coefficient (Wildman–Crippen LogP) is 0.870. The third kappa shape index (κ3) is 3.70. The summed E-state index contributed by atoms with van der Waals surface area (Å²) in [6.07, 6.45) is 2.53. The molecule has 1 N–H and O–H groups in total. The molecule has 23 heavy (non-hydrogen) atoms. The lowest BCUT2D eigenvalue weighted by atomic mass is 9.96. The van der Waals surface area contributed by atoms with Crippen LogP contribution in [0.5, 0.6) is 0 Å². The van der Waals surface area contributed by atoms with Crippen LogP contribution in [0.1, 0.15) is 34.8 Å². The second kappa shape index (κ2) is 6.93. The lowest BCUT2D eigenvalue weighted by Crippen LogP contribution is -2.33. The van der Waals surface area contributed by atoms with Crippen molar-refractivity contribution >= 4 is 5.91 Å². The quantitative estimate of drug-likeness (QED) is 0.892. The Bertz CT molecular complexity index is 551. The van der Waals surface area contributed by atoms with Gasteiger partial charge in [0.2, 0.25) is 0 Å². The number of amides is 1. The van der Waals surface area contributed by atoms with Gasteiger partial charge in [-0.15, -0.1) is 0 Å². The van der Waals surface area contributed by atoms with Gasteiger partial charge in [-0.3, -0.25) is 4.79 Å². The first kappa shape index (κ1) is 16.3. The molecule has 0 bridgehead atoms. The molecule has 0 aromatic carbocycles. The van der Waals surface area contributed by atoms with Gasteiger partial charge in [-0.25, -0.2) is 9.97 Å². The Hall–Kier alpha value is -1.53. The first-order valence-corrected chi connectivity index (χ1v) is 8.51. The number of carbonyl (C=O) groups excluding carboxylic acids is 1. The molecule has 1 aromatic heterocycles. The first-order chi connectivity index (χ1) is 11.1. The van der Waals surface area contributed by atoms with E-state index >= 15 is 0 Å². The van der Waals surface area contributed by atoms with E-state index in [1.165, 1.54) is 12.8 Å². The molecule has 2 aliphatic rings. The molecule has 3 rings (SSSR count). The highest BCUT2D eigenvalue weighted by atomic mass is 16.3. The van der Waals surface area contributed by atoms with Crippen molar-refractivity contribution in [1.29, 1.82) is 0 Å². The van der Waals surface area contributed by atoms with Crippen molar-refractivity contribution in [2.75, 3.05) is 39.3 Å². The number of aliphatic hydroxyl groups is 1. The maximum absolute atomic E-state index is 12.7. The number of hydrogen-bond acceptors (Lipinski definition) is 5. The van der Waals surface area contributed by atoms with Gasteiger partial charge in [0.05, 0.1) is 0 Å². The van der Waals surface area contributed by atoms with Crippen LogP contribution in [-0.2, 0) is 0 Å². The van der Waals surface area contributed by atoms with E-state index in [0.29, 0.717) is 30.5 Å². The van der Waals surface area contributed by atoms with Crippen LogP contribution >= 0.6 is 0 Å². The molecular formula is C17H26N4O2. The van der Waals surface area contributed by atoms with Crippen molar-refractivity contribution in [3.05, 3.63) is 23.3 Å². The molecule has 6 heteroatoms. The molecule has 2 aliphatic heterocycles. The molecule has 3 heterocycles. The minimum absolute atomic E-state index is 0.0408. The van der Waals surface area contributed by atoms with Crippen molar-refractivity contribution < 1.29 is 9.90 Å². The Morgan fingerprint density at radius 2 is 1.91 bits per heavy atom. The molecule has 0 radical (unpaired) electrons. The van der Waals surface area contributed by atoms with Gasteiger partial charge in [0.25, 0.3) is 5.91 Å². The number of nitrogens with zero attached hydrogens (tertiary/aromatic N) is 4. The Morgan fingerprint density at radius 1 is 1.22 bits per heavy atom. The Kier molecular flexibility index (Phi) is 4.92. The normalized spacial score (nSPS) is 25.3. The molecule has 6 nitrogen and oxygen atoms in total. The van der Waals surface area contributed by atoms with E-state index in [1.54, 1.807) is 13.0 Å². The van der Waals surface area contributed by atoms with Crippen molar-refractivity contribution in [3.8, 4) is 0 Å². The zero-order chi connectivity index (χ0) is 16.4. The predicted molar refractivity (Wildman–Crippen MR) is 87.1 cm³/mol. The molecule has 0 spiro atoms. The summed E-state index contributed by atoms with van der Waals surface area (Å²) in [5.74, 6) is 1.11. The number of aryl methyl sites for hydroxylation is 2. The third-order valence-corrected chi connectivity index (χ3v) is 4.97. The molecule has 0 saturated carbocycles. The molecule has 1 amide bonds. The van der Waals surface area contributed by atoms with Crippen LogP contribution < -0.4 is 0 Å². The molecule has 2 fully saturated rings. The molecule has 126 valence electrons. The summed E-state index contributed by atoms with van der Waals surface area (Å²) in [6, 6.07) is 1.75. The smallest absolute Gasteiger partial charge is 0.272 e. The van der Waals surface area contributed by atoms with E-state index in [-0.39, 0.29) is 18.4 Å². The van der Waals surface area contributed by atoms with Crippen LogP contribution in [0.4, 0.5) is 0 Å². The lowest BCUT2D eigenvalue weighted by molar-refractivity contribution is 0.0773. The van der Waals surface area contributed by atoms with Gasteiger partial charge in [-0.05, 0) is 51.8 Å². The summed E-state index contributed by atoms with van der Waals surface area (Å²) in [6.45, 7) is 8.43. The first-order valence-electron chi connectivity index (χ1n) is 8.51. The fraction of sp³-hybridized carbons (Fsp3) is 0.706. The molecule has 0 unspecified atom stereocenters. The van der Waals surface area contributed by atoms with Crippen molar-refractivity contribution in [3.63, 3.8) is 0 Å². The SMILES string of the molecule is Cc1cc(C(=O)N2C[C@@H](CN3CCCC3)[C@@H](CO)C2)nc(C)n1. The number of carbonyl (C=O) groups is 1. The summed E-state index contributed by atoms with van der Waals surface area (Å²) in [5.41, 5.74) is 1.28. The Balaban J connectivity index is 1.69. The fourth-order valence-corrected chi connectivity index (χ4v) is 3.80. The molecule has 0 aliphatic carbocycles. The average molecular weight is 318 g/mol. The summed E-state index contributed by atoms with van der Waals surface area (Å²) in [7, 11) is 0. The van der Waals surface area contributed by atoms with Gasteiger partial charge >= 0.3 is 0 Å². The summed E-state index contributed by atoms with van der Waals surface area (Å²) < 4.78 is 0. The van der Waals surface area contributed by atoms with Gasteiger partial charge in [-0.2, -0.15) is 0 Å². The van der Waals surface area contributed by atoms with Gasteiger partial charge in [-0.1, -0.05) is 0 Å². The average Bonchev–Trinajstić information content (AvgIpc) is 3.15. The monoisotopic (exact) mass is 318 g/mol. The number of aromatic nitrogens is 2. The minimum Gasteiger partial charge on any atom is -0.396 e. The van der Waals surface area contributed by atoms with E-state index in [1.807, 2.05) is 11.8 Å². The number of hydrogen-bond donors (Lipinski definition) is 1. The lowest BCUT2D eigenvalue weighted by Gasteiger charge is -2.22. The highest BCUT2D eigenvalue weighted by Gasteiger charge is 2.36. The molecule has 1 aromatic rings. The summed E-state index contributed by atoms with van der Waals surface area (Å²) in [5, 5.41) is 9.69. The summed E-state index contributed by atoms with van der Waals surface area (Å²) in [4.78, 5) is 25.6. The van der Waals surface area contributed by atoms with Crippen LogP contribution in [0.25, 0.3) is 0 Å². The highest BCUT2D eigenvalue weighted by Crippen LogP contribution is 2.26. The fourth-order valence-electron chi connectivity index (χ4n) is 3.80. The topological polar surface area (TPSA) is 69.6 Å². The van der Waals surface area contributed by atoms with Crippen molar-refractivity contribution in [2.45, 2.75) is 26.7 Å². The minimum atomic E-state index is -0.0408. The highest BCUT2D eigenvalue weighted by molar-refractivity contribution is 5.92. The Labute approximate surface area is 137 Å². The van der Waals surface area contributed by atoms with Gasteiger partial charge in [0.1, 0.15) is 11.5 Å². The molecule has 2 atom stereocenters. The van der Waals surface area contributed by atoms with E-state index in [2.05, 4.69) is 14.9 Å². The maximum Gasteiger partial charge on any atom is 0.272 e. The zero-order valence-electron chi connectivity index (χ0n) is 14.0. The Morgan fingerprint density at radius 3 is 2.57 bits per heavy atom. The number of aliphatic hydroxyl groups excluding tert-OH is 1. The zero-order valence-corrected chi connectivity index (χ0v) is 14.0. The van der Waals surface area contributed by atoms with E-state index in [4.69, 9.17) is 0 Å². The maximum atomic E-state index is 12.7. The summed E-state index contributed by atoms with van der Waals surface area (Å²) >= 11 is 0. The van der Waals surface area contributed by atoms with Crippen molar-refractivity contribution in [1.82, 2.24) is 19.8 Å². The molecular weight excluding hydrogens is 292 g/mol. The second-order valence-corrected chi connectivity index (χ2v) is 6.86. The van der Waals surface area contributed by atoms with Crippen LogP contribution in [0.3, 0.4) is 0 Å². The van der Waals surface area contributed by atoms with Gasteiger partial charge in [0, 0.05) is 37.9 Å². The van der Waals surface area contributed by atoms with E-state index < -0.39 is 0 Å². The molecule has 2 saturated heterocycles. The van der Waals surface area contributed by atoms with Crippen molar-refractivity contribution in [2.24, 2.45) is 11.8 Å². The van der Waals surface area contributed by atoms with Crippen LogP contribution in [0, 0.1) is 25.7 Å². The largest absolute Gasteiger partial charge is 0.396 e. The third-order valence-electron chi connectivity index (χ3n) is 4.97. The number of likely N-dealkylation sites (tertiary alicyclic amines) is 2. The van der Waals surface area contributed by atoms with E-state index in [9.17, 15) is 9.90 Å². The van der Waals surface area contributed by atoms with Crippen LogP contribution in [0.2, 0.25) is 0 Å².